The molecule has 1 atom stereocenters. The lowest BCUT2D eigenvalue weighted by Gasteiger charge is -2.20. The predicted octanol–water partition coefficient (Wildman–Crippen LogP) is 2.26. The second-order valence-electron chi connectivity index (χ2n) is 6.09. The summed E-state index contributed by atoms with van der Waals surface area (Å²) in [5, 5.41) is 5.37. The van der Waals surface area contributed by atoms with Crippen molar-refractivity contribution in [2.75, 3.05) is 20.8 Å². The van der Waals surface area contributed by atoms with Gasteiger partial charge in [0.1, 0.15) is 12.6 Å². The van der Waals surface area contributed by atoms with Crippen LogP contribution in [0.5, 0.6) is 0 Å². The molecule has 28 heavy (non-hydrogen) atoms. The van der Waals surface area contributed by atoms with E-state index in [-0.39, 0.29) is 19.1 Å². The average Bonchev–Trinajstić information content (AvgIpc) is 2.74. The van der Waals surface area contributed by atoms with Crippen LogP contribution in [0.2, 0.25) is 0 Å². The molecule has 0 saturated heterocycles. The topological polar surface area (TPSA) is 85.9 Å². The number of alkyl carbamates (subject to hydrolysis) is 1. The fourth-order valence-electron chi connectivity index (χ4n) is 2.54. The highest BCUT2D eigenvalue weighted by atomic mass is 16.7. The maximum absolute atomic E-state index is 12.6. The van der Waals surface area contributed by atoms with E-state index in [2.05, 4.69) is 10.6 Å². The number of carbonyl (C=O) groups excluding carboxylic acids is 2. The van der Waals surface area contributed by atoms with Crippen molar-refractivity contribution >= 4 is 12.0 Å². The highest BCUT2D eigenvalue weighted by Gasteiger charge is 2.22. The number of rotatable bonds is 10. The Labute approximate surface area is 165 Å². The number of nitrogens with one attached hydrogen (secondary N) is 2. The summed E-state index contributed by atoms with van der Waals surface area (Å²) in [6, 6.07) is 18.0. The van der Waals surface area contributed by atoms with E-state index in [1.165, 1.54) is 14.2 Å². The number of benzene rings is 2. The first-order chi connectivity index (χ1) is 13.6. The minimum atomic E-state index is -0.792. The molecule has 0 aliphatic heterocycles. The third-order valence-corrected chi connectivity index (χ3v) is 4.07. The molecule has 2 N–H and O–H groups in total. The van der Waals surface area contributed by atoms with Gasteiger partial charge in [0.2, 0.25) is 5.91 Å². The minimum Gasteiger partial charge on any atom is -0.445 e. The SMILES string of the molecule is COC(CNC(=O)C(Cc1ccccc1)NC(=O)OCc1ccccc1)OC. The molecule has 150 valence electrons. The van der Waals surface area contributed by atoms with E-state index < -0.39 is 18.4 Å². The van der Waals surface area contributed by atoms with Gasteiger partial charge in [-0.1, -0.05) is 60.7 Å². The molecule has 0 aromatic heterocycles. The van der Waals surface area contributed by atoms with E-state index in [1.54, 1.807) is 0 Å². The lowest BCUT2D eigenvalue weighted by molar-refractivity contribution is -0.129. The van der Waals surface area contributed by atoms with Crippen LogP contribution in [0, 0.1) is 0 Å². The summed E-state index contributed by atoms with van der Waals surface area (Å²) in [7, 11) is 2.97. The molecule has 0 bridgehead atoms. The average molecular weight is 386 g/mol. The van der Waals surface area contributed by atoms with Crippen molar-refractivity contribution in [3.63, 3.8) is 0 Å². The third-order valence-electron chi connectivity index (χ3n) is 4.07. The van der Waals surface area contributed by atoms with Crippen LogP contribution in [0.4, 0.5) is 4.79 Å². The molecular weight excluding hydrogens is 360 g/mol. The Balaban J connectivity index is 1.96. The van der Waals surface area contributed by atoms with Gasteiger partial charge in [0.25, 0.3) is 0 Å². The molecule has 0 spiro atoms. The summed E-state index contributed by atoms with van der Waals surface area (Å²) in [5.41, 5.74) is 1.78. The normalized spacial score (nSPS) is 11.7. The van der Waals surface area contributed by atoms with E-state index in [4.69, 9.17) is 14.2 Å². The van der Waals surface area contributed by atoms with Crippen LogP contribution in [0.1, 0.15) is 11.1 Å². The first-order valence-corrected chi connectivity index (χ1v) is 8.96. The van der Waals surface area contributed by atoms with Crippen molar-refractivity contribution in [1.82, 2.24) is 10.6 Å². The van der Waals surface area contributed by atoms with Crippen molar-refractivity contribution in [2.45, 2.75) is 25.4 Å². The lowest BCUT2D eigenvalue weighted by atomic mass is 10.1. The molecule has 0 heterocycles. The van der Waals surface area contributed by atoms with Crippen LogP contribution in [-0.2, 0) is 32.0 Å². The molecule has 7 heteroatoms. The molecule has 2 amide bonds. The largest absolute Gasteiger partial charge is 0.445 e. The fourth-order valence-corrected chi connectivity index (χ4v) is 2.54. The molecular formula is C21H26N2O5. The Bertz CT molecular complexity index is 720. The zero-order chi connectivity index (χ0) is 20.2. The Morgan fingerprint density at radius 2 is 1.46 bits per heavy atom. The van der Waals surface area contributed by atoms with Crippen molar-refractivity contribution < 1.29 is 23.8 Å². The maximum Gasteiger partial charge on any atom is 0.408 e. The Morgan fingerprint density at radius 3 is 2.04 bits per heavy atom. The van der Waals surface area contributed by atoms with E-state index >= 15 is 0 Å². The van der Waals surface area contributed by atoms with Gasteiger partial charge >= 0.3 is 6.09 Å². The predicted molar refractivity (Wildman–Crippen MR) is 105 cm³/mol. The molecule has 2 rings (SSSR count). The molecule has 7 nitrogen and oxygen atoms in total. The third kappa shape index (κ3) is 7.38. The van der Waals surface area contributed by atoms with Crippen LogP contribution < -0.4 is 10.6 Å². The Morgan fingerprint density at radius 1 is 0.893 bits per heavy atom. The zero-order valence-corrected chi connectivity index (χ0v) is 16.1. The maximum atomic E-state index is 12.6. The highest BCUT2D eigenvalue weighted by molar-refractivity contribution is 5.85. The van der Waals surface area contributed by atoms with Crippen LogP contribution in [0.3, 0.4) is 0 Å². The molecule has 0 saturated carbocycles. The van der Waals surface area contributed by atoms with Gasteiger partial charge in [0, 0.05) is 20.6 Å². The smallest absolute Gasteiger partial charge is 0.408 e. The van der Waals surface area contributed by atoms with Crippen molar-refractivity contribution in [1.29, 1.82) is 0 Å². The first kappa shape index (κ1) is 21.4. The van der Waals surface area contributed by atoms with Gasteiger partial charge in [0.05, 0.1) is 6.54 Å². The second kappa shape index (κ2) is 11.7. The molecule has 0 aliphatic carbocycles. The van der Waals surface area contributed by atoms with Crippen LogP contribution in [0.15, 0.2) is 60.7 Å². The minimum absolute atomic E-state index is 0.127. The van der Waals surface area contributed by atoms with E-state index in [0.29, 0.717) is 6.42 Å². The number of hydrogen-bond acceptors (Lipinski definition) is 5. The van der Waals surface area contributed by atoms with E-state index in [0.717, 1.165) is 11.1 Å². The molecule has 1 unspecified atom stereocenters. The summed E-state index contributed by atoms with van der Waals surface area (Å²) in [4.78, 5) is 24.8. The molecule has 0 fully saturated rings. The summed E-state index contributed by atoms with van der Waals surface area (Å²) >= 11 is 0. The first-order valence-electron chi connectivity index (χ1n) is 8.96. The number of hydrogen-bond donors (Lipinski definition) is 2. The number of amides is 2. The van der Waals surface area contributed by atoms with Crippen LogP contribution >= 0.6 is 0 Å². The van der Waals surface area contributed by atoms with Gasteiger partial charge < -0.3 is 24.8 Å². The summed E-state index contributed by atoms with van der Waals surface area (Å²) < 4.78 is 15.4. The molecule has 2 aromatic carbocycles. The van der Waals surface area contributed by atoms with Gasteiger partial charge in [0.15, 0.2) is 6.29 Å². The second-order valence-corrected chi connectivity index (χ2v) is 6.09. The number of carbonyl (C=O) groups is 2. The Kier molecular flexibility index (Phi) is 8.97. The van der Waals surface area contributed by atoms with Crippen molar-refractivity contribution in [2.24, 2.45) is 0 Å². The molecule has 2 aromatic rings. The van der Waals surface area contributed by atoms with Gasteiger partial charge in [-0.3, -0.25) is 4.79 Å². The highest BCUT2D eigenvalue weighted by Crippen LogP contribution is 2.05. The van der Waals surface area contributed by atoms with Gasteiger partial charge in [-0.15, -0.1) is 0 Å². The fraction of sp³-hybridized carbons (Fsp3) is 0.333. The number of methoxy groups -OCH3 is 2. The van der Waals surface area contributed by atoms with Gasteiger partial charge in [-0.2, -0.15) is 0 Å². The Hall–Kier alpha value is -2.90. The number of ether oxygens (including phenoxy) is 3. The van der Waals surface area contributed by atoms with Crippen LogP contribution in [0.25, 0.3) is 0 Å². The van der Waals surface area contributed by atoms with Crippen LogP contribution in [-0.4, -0.2) is 45.1 Å². The zero-order valence-electron chi connectivity index (χ0n) is 16.1. The lowest BCUT2D eigenvalue weighted by Crippen LogP contribution is -2.49. The monoisotopic (exact) mass is 386 g/mol. The van der Waals surface area contributed by atoms with E-state index in [9.17, 15) is 9.59 Å². The van der Waals surface area contributed by atoms with Crippen molar-refractivity contribution in [3.05, 3.63) is 71.8 Å². The van der Waals surface area contributed by atoms with Crippen molar-refractivity contribution in [3.8, 4) is 0 Å². The standard InChI is InChI=1S/C21H26N2O5/c1-26-19(27-2)14-22-20(24)18(13-16-9-5-3-6-10-16)23-21(25)28-15-17-11-7-4-8-12-17/h3-12,18-19H,13-15H2,1-2H3,(H,22,24)(H,23,25). The summed E-state index contributed by atoms with van der Waals surface area (Å²) in [5.74, 6) is -0.348. The molecule has 0 aliphatic rings. The van der Waals surface area contributed by atoms with Gasteiger partial charge in [-0.25, -0.2) is 4.79 Å². The van der Waals surface area contributed by atoms with Gasteiger partial charge in [-0.05, 0) is 11.1 Å². The quantitative estimate of drug-likeness (QED) is 0.612. The summed E-state index contributed by atoms with van der Waals surface area (Å²) in [6.45, 7) is 0.291. The molecule has 0 radical (unpaired) electrons. The van der Waals surface area contributed by atoms with E-state index in [1.807, 2.05) is 60.7 Å². The summed E-state index contributed by atoms with van der Waals surface area (Å²) in [6.07, 6.45) is -0.890.